The molecular formula is C22H23N5O3S. The largest absolute Gasteiger partial charge is 0.496 e. The fourth-order valence-corrected chi connectivity index (χ4v) is 3.81. The molecule has 2 aromatic heterocycles. The van der Waals surface area contributed by atoms with Crippen molar-refractivity contribution in [3.63, 3.8) is 0 Å². The molecule has 2 heterocycles. The summed E-state index contributed by atoms with van der Waals surface area (Å²) in [7, 11) is 1.55. The molecule has 8 nitrogen and oxygen atoms in total. The molecular weight excluding hydrogens is 414 g/mol. The maximum atomic E-state index is 12.7. The molecule has 0 aliphatic rings. The number of aromatic nitrogens is 4. The molecule has 1 N–H and O–H groups in total. The van der Waals surface area contributed by atoms with E-state index in [9.17, 15) is 9.59 Å². The van der Waals surface area contributed by atoms with E-state index >= 15 is 0 Å². The predicted octanol–water partition coefficient (Wildman–Crippen LogP) is 3.40. The second-order valence-corrected chi connectivity index (χ2v) is 7.60. The van der Waals surface area contributed by atoms with Crippen molar-refractivity contribution in [3.05, 3.63) is 60.9 Å². The molecule has 0 unspecified atom stereocenters. The highest BCUT2D eigenvalue weighted by atomic mass is 32.2. The van der Waals surface area contributed by atoms with E-state index in [1.807, 2.05) is 16.7 Å². The van der Waals surface area contributed by atoms with Crippen LogP contribution in [-0.2, 0) is 22.6 Å². The summed E-state index contributed by atoms with van der Waals surface area (Å²) in [6.07, 6.45) is 5.35. The zero-order chi connectivity index (χ0) is 22.2. The summed E-state index contributed by atoms with van der Waals surface area (Å²) >= 11 is 1.32. The third-order valence-electron chi connectivity index (χ3n) is 4.30. The zero-order valence-electron chi connectivity index (χ0n) is 17.4. The van der Waals surface area contributed by atoms with Gasteiger partial charge < -0.3 is 10.1 Å². The topological polar surface area (TPSA) is 99.0 Å². The third kappa shape index (κ3) is 5.79. The van der Waals surface area contributed by atoms with Gasteiger partial charge in [-0.3, -0.25) is 19.1 Å². The van der Waals surface area contributed by atoms with E-state index in [-0.39, 0.29) is 23.9 Å². The Balaban J connectivity index is 1.72. The van der Waals surface area contributed by atoms with Crippen molar-refractivity contribution < 1.29 is 14.3 Å². The third-order valence-corrected chi connectivity index (χ3v) is 5.33. The second kappa shape index (κ2) is 10.5. The number of ether oxygens (including phenoxy) is 1. The van der Waals surface area contributed by atoms with Crippen molar-refractivity contribution in [2.45, 2.75) is 25.0 Å². The van der Waals surface area contributed by atoms with Gasteiger partial charge in [-0.1, -0.05) is 17.8 Å². The van der Waals surface area contributed by atoms with Crippen molar-refractivity contribution in [1.82, 2.24) is 19.7 Å². The fraction of sp³-hybridized carbons (Fsp3) is 0.227. The molecule has 0 saturated carbocycles. The summed E-state index contributed by atoms with van der Waals surface area (Å²) < 4.78 is 7.26. The average molecular weight is 438 g/mol. The quantitative estimate of drug-likeness (QED) is 0.383. The van der Waals surface area contributed by atoms with Gasteiger partial charge in [-0.2, -0.15) is 0 Å². The van der Waals surface area contributed by atoms with Gasteiger partial charge in [0.2, 0.25) is 5.91 Å². The van der Waals surface area contributed by atoms with Crippen LogP contribution in [0.15, 0.2) is 60.5 Å². The number of methoxy groups -OCH3 is 1. The van der Waals surface area contributed by atoms with Crippen LogP contribution in [0, 0.1) is 0 Å². The molecule has 3 aromatic rings. The molecule has 160 valence electrons. The van der Waals surface area contributed by atoms with E-state index in [0.29, 0.717) is 34.5 Å². The first-order valence-electron chi connectivity index (χ1n) is 9.55. The van der Waals surface area contributed by atoms with Gasteiger partial charge in [0.15, 0.2) is 11.0 Å². The van der Waals surface area contributed by atoms with Crippen LogP contribution in [0.2, 0.25) is 0 Å². The number of Topliss-reactive ketones (excluding diaryl/α,β-unsaturated/α-hetero) is 1. The van der Waals surface area contributed by atoms with E-state index in [2.05, 4.69) is 27.1 Å². The Bertz CT molecular complexity index is 1080. The van der Waals surface area contributed by atoms with Gasteiger partial charge in [-0.15, -0.1) is 16.8 Å². The summed E-state index contributed by atoms with van der Waals surface area (Å²) in [5, 5.41) is 11.9. The lowest BCUT2D eigenvalue weighted by atomic mass is 10.1. The lowest BCUT2D eigenvalue weighted by Crippen LogP contribution is -2.10. The van der Waals surface area contributed by atoms with Crippen molar-refractivity contribution in [2.75, 3.05) is 18.2 Å². The maximum absolute atomic E-state index is 12.7. The Morgan fingerprint density at radius 2 is 2.13 bits per heavy atom. The van der Waals surface area contributed by atoms with Crippen LogP contribution in [0.4, 0.5) is 5.69 Å². The number of hydrogen-bond acceptors (Lipinski definition) is 7. The monoisotopic (exact) mass is 437 g/mol. The molecule has 0 fully saturated rings. The van der Waals surface area contributed by atoms with Crippen LogP contribution in [-0.4, -0.2) is 44.3 Å². The van der Waals surface area contributed by atoms with Crippen molar-refractivity contribution >= 4 is 29.1 Å². The highest BCUT2D eigenvalue weighted by molar-refractivity contribution is 7.99. The van der Waals surface area contributed by atoms with Gasteiger partial charge in [-0.25, -0.2) is 0 Å². The molecule has 31 heavy (non-hydrogen) atoms. The van der Waals surface area contributed by atoms with E-state index in [0.717, 1.165) is 5.56 Å². The highest BCUT2D eigenvalue weighted by Crippen LogP contribution is 2.26. The molecule has 1 amide bonds. The summed E-state index contributed by atoms with van der Waals surface area (Å²) in [6.45, 7) is 5.75. The number of anilines is 1. The standard InChI is InChI=1S/C22H23N5O3S/c1-4-10-27-21(16-6-5-9-23-13-16)25-26-22(27)31-14-19(29)12-17-11-18(24-15(2)28)7-8-20(17)30-3/h4-9,11,13H,1,10,12,14H2,2-3H3,(H,24,28). The molecule has 0 saturated heterocycles. The van der Waals surface area contributed by atoms with Crippen LogP contribution >= 0.6 is 11.8 Å². The Hall–Kier alpha value is -3.46. The van der Waals surface area contributed by atoms with Gasteiger partial charge in [0, 0.05) is 49.1 Å². The number of allylic oxidation sites excluding steroid dienone is 1. The molecule has 0 aliphatic heterocycles. The number of amides is 1. The Morgan fingerprint density at radius 3 is 2.81 bits per heavy atom. The molecule has 0 radical (unpaired) electrons. The van der Waals surface area contributed by atoms with Crippen molar-refractivity contribution in [1.29, 1.82) is 0 Å². The Morgan fingerprint density at radius 1 is 1.29 bits per heavy atom. The number of carbonyl (C=O) groups is 2. The van der Waals surface area contributed by atoms with Crippen LogP contribution in [0.1, 0.15) is 12.5 Å². The molecule has 0 bridgehead atoms. The molecule has 3 rings (SSSR count). The number of carbonyl (C=O) groups excluding carboxylic acids is 2. The lowest BCUT2D eigenvalue weighted by Gasteiger charge is -2.11. The van der Waals surface area contributed by atoms with Crippen LogP contribution in [0.3, 0.4) is 0 Å². The number of pyridine rings is 1. The van der Waals surface area contributed by atoms with Gasteiger partial charge >= 0.3 is 0 Å². The van der Waals surface area contributed by atoms with E-state index in [4.69, 9.17) is 4.74 Å². The Kier molecular flexibility index (Phi) is 7.55. The number of benzene rings is 1. The predicted molar refractivity (Wildman–Crippen MR) is 120 cm³/mol. The smallest absolute Gasteiger partial charge is 0.221 e. The highest BCUT2D eigenvalue weighted by Gasteiger charge is 2.16. The minimum atomic E-state index is -0.177. The van der Waals surface area contributed by atoms with Crippen LogP contribution in [0.25, 0.3) is 11.4 Å². The van der Waals surface area contributed by atoms with E-state index < -0.39 is 0 Å². The van der Waals surface area contributed by atoms with Gasteiger partial charge in [0.25, 0.3) is 0 Å². The van der Waals surface area contributed by atoms with Crippen LogP contribution in [0.5, 0.6) is 5.75 Å². The summed E-state index contributed by atoms with van der Waals surface area (Å²) in [4.78, 5) is 28.1. The molecule has 9 heteroatoms. The van der Waals surface area contributed by atoms with Gasteiger partial charge in [-0.05, 0) is 30.3 Å². The second-order valence-electron chi connectivity index (χ2n) is 6.66. The number of nitrogens with one attached hydrogen (secondary N) is 1. The molecule has 1 aromatic carbocycles. The number of hydrogen-bond donors (Lipinski definition) is 1. The molecule has 0 aliphatic carbocycles. The first-order chi connectivity index (χ1) is 15.0. The lowest BCUT2D eigenvalue weighted by molar-refractivity contribution is -0.116. The number of thioether (sulfide) groups is 1. The minimum absolute atomic E-state index is 0.000596. The normalized spacial score (nSPS) is 10.5. The van der Waals surface area contributed by atoms with Crippen molar-refractivity contribution in [2.24, 2.45) is 0 Å². The van der Waals surface area contributed by atoms with Crippen molar-refractivity contribution in [3.8, 4) is 17.1 Å². The average Bonchev–Trinajstić information content (AvgIpc) is 3.15. The number of rotatable bonds is 10. The maximum Gasteiger partial charge on any atom is 0.221 e. The van der Waals surface area contributed by atoms with E-state index in [1.54, 1.807) is 43.8 Å². The van der Waals surface area contributed by atoms with Gasteiger partial charge in [0.1, 0.15) is 11.5 Å². The molecule has 0 atom stereocenters. The molecule has 0 spiro atoms. The SMILES string of the molecule is C=CCn1c(SCC(=O)Cc2cc(NC(C)=O)ccc2OC)nnc1-c1cccnc1. The summed E-state index contributed by atoms with van der Waals surface area (Å²) in [5.74, 6) is 1.31. The number of nitrogens with zero attached hydrogens (tertiary/aromatic N) is 4. The fourth-order valence-electron chi connectivity index (χ4n) is 3.00. The number of ketones is 1. The zero-order valence-corrected chi connectivity index (χ0v) is 18.2. The first-order valence-corrected chi connectivity index (χ1v) is 10.5. The first kappa shape index (κ1) is 22.2. The van der Waals surface area contributed by atoms with Crippen LogP contribution < -0.4 is 10.1 Å². The minimum Gasteiger partial charge on any atom is -0.496 e. The van der Waals surface area contributed by atoms with E-state index in [1.165, 1.54) is 18.7 Å². The summed E-state index contributed by atoms with van der Waals surface area (Å²) in [6, 6.07) is 8.97. The Labute approximate surface area is 184 Å². The summed E-state index contributed by atoms with van der Waals surface area (Å²) in [5.41, 5.74) is 2.17. The van der Waals surface area contributed by atoms with Gasteiger partial charge in [0.05, 0.1) is 12.9 Å².